The van der Waals surface area contributed by atoms with Crippen LogP contribution in [-0.2, 0) is 13.1 Å². The first-order chi connectivity index (χ1) is 12.9. The highest BCUT2D eigenvalue weighted by molar-refractivity contribution is 5.91. The topological polar surface area (TPSA) is 82.1 Å². The molecule has 7 nitrogen and oxygen atoms in total. The molecule has 3 heterocycles. The van der Waals surface area contributed by atoms with Crippen LogP contribution < -0.4 is 10.9 Å². The van der Waals surface area contributed by atoms with Crippen LogP contribution in [0.15, 0.2) is 51.8 Å². The van der Waals surface area contributed by atoms with Crippen molar-refractivity contribution in [2.75, 3.05) is 6.54 Å². The highest BCUT2D eigenvalue weighted by Crippen LogP contribution is 2.10. The SMILES string of the molecule is Cc1cc(C)n(C[C@@H](C)CNC(=O)c2ccc(Cn3ccccc3=O)o2)n1. The smallest absolute Gasteiger partial charge is 0.287 e. The monoisotopic (exact) mass is 368 g/mol. The van der Waals surface area contributed by atoms with Gasteiger partial charge in [0.1, 0.15) is 5.76 Å². The van der Waals surface area contributed by atoms with E-state index in [1.165, 1.54) is 10.6 Å². The summed E-state index contributed by atoms with van der Waals surface area (Å²) in [6, 6.07) is 10.3. The Kier molecular flexibility index (Phi) is 5.59. The quantitative estimate of drug-likeness (QED) is 0.694. The molecular formula is C20H24N4O3. The number of aryl methyl sites for hydroxylation is 2. The summed E-state index contributed by atoms with van der Waals surface area (Å²) < 4.78 is 9.07. The van der Waals surface area contributed by atoms with Crippen molar-refractivity contribution in [3.8, 4) is 0 Å². The van der Waals surface area contributed by atoms with Gasteiger partial charge in [-0.05, 0) is 44.0 Å². The van der Waals surface area contributed by atoms with Crippen molar-refractivity contribution in [3.05, 3.63) is 75.9 Å². The molecule has 0 saturated carbocycles. The molecule has 0 aliphatic rings. The van der Waals surface area contributed by atoms with E-state index in [9.17, 15) is 9.59 Å². The van der Waals surface area contributed by atoms with E-state index in [0.717, 1.165) is 17.9 Å². The fourth-order valence-corrected chi connectivity index (χ4v) is 2.92. The van der Waals surface area contributed by atoms with E-state index in [1.54, 1.807) is 30.5 Å². The average Bonchev–Trinajstić information content (AvgIpc) is 3.21. The molecule has 3 rings (SSSR count). The van der Waals surface area contributed by atoms with Gasteiger partial charge in [-0.3, -0.25) is 14.3 Å². The van der Waals surface area contributed by atoms with E-state index < -0.39 is 0 Å². The molecule has 3 aromatic heterocycles. The Balaban J connectivity index is 1.54. The zero-order chi connectivity index (χ0) is 19.4. The fraction of sp³-hybridized carbons (Fsp3) is 0.350. The Bertz CT molecular complexity index is 983. The first kappa shape index (κ1) is 18.7. The lowest BCUT2D eigenvalue weighted by atomic mass is 10.2. The summed E-state index contributed by atoms with van der Waals surface area (Å²) in [4.78, 5) is 24.1. The van der Waals surface area contributed by atoms with Gasteiger partial charge in [0, 0.05) is 31.0 Å². The lowest BCUT2D eigenvalue weighted by Gasteiger charge is -2.13. The zero-order valence-electron chi connectivity index (χ0n) is 15.8. The van der Waals surface area contributed by atoms with Crippen molar-refractivity contribution < 1.29 is 9.21 Å². The van der Waals surface area contributed by atoms with Crippen LogP contribution >= 0.6 is 0 Å². The summed E-state index contributed by atoms with van der Waals surface area (Å²) in [5, 5.41) is 7.33. The van der Waals surface area contributed by atoms with Gasteiger partial charge in [-0.1, -0.05) is 13.0 Å². The van der Waals surface area contributed by atoms with Crippen molar-refractivity contribution in [1.29, 1.82) is 0 Å². The molecule has 0 fully saturated rings. The van der Waals surface area contributed by atoms with Crippen LogP contribution in [0.2, 0.25) is 0 Å². The predicted octanol–water partition coefficient (Wildman–Crippen LogP) is 2.37. The number of aromatic nitrogens is 3. The van der Waals surface area contributed by atoms with E-state index in [4.69, 9.17) is 4.42 Å². The van der Waals surface area contributed by atoms with Gasteiger partial charge in [0.2, 0.25) is 0 Å². The zero-order valence-corrected chi connectivity index (χ0v) is 15.8. The molecule has 3 aromatic rings. The van der Waals surface area contributed by atoms with Crippen molar-refractivity contribution >= 4 is 5.91 Å². The average molecular weight is 368 g/mol. The van der Waals surface area contributed by atoms with E-state index in [-0.39, 0.29) is 23.1 Å². The maximum Gasteiger partial charge on any atom is 0.287 e. The van der Waals surface area contributed by atoms with Crippen molar-refractivity contribution in [1.82, 2.24) is 19.7 Å². The number of furan rings is 1. The molecular weight excluding hydrogens is 344 g/mol. The minimum Gasteiger partial charge on any atom is -0.454 e. The second-order valence-electron chi connectivity index (χ2n) is 6.86. The number of pyridine rings is 1. The van der Waals surface area contributed by atoms with Gasteiger partial charge in [0.15, 0.2) is 5.76 Å². The summed E-state index contributed by atoms with van der Waals surface area (Å²) in [6.45, 7) is 7.60. The predicted molar refractivity (Wildman–Crippen MR) is 102 cm³/mol. The van der Waals surface area contributed by atoms with Crippen molar-refractivity contribution in [2.24, 2.45) is 5.92 Å². The van der Waals surface area contributed by atoms with Gasteiger partial charge in [-0.15, -0.1) is 0 Å². The molecule has 0 saturated heterocycles. The molecule has 0 bridgehead atoms. The molecule has 0 radical (unpaired) electrons. The molecule has 0 aromatic carbocycles. The number of carbonyl (C=O) groups excluding carboxylic acids is 1. The van der Waals surface area contributed by atoms with Gasteiger partial charge >= 0.3 is 0 Å². The first-order valence-electron chi connectivity index (χ1n) is 8.96. The highest BCUT2D eigenvalue weighted by Gasteiger charge is 2.14. The fourth-order valence-electron chi connectivity index (χ4n) is 2.92. The van der Waals surface area contributed by atoms with E-state index in [0.29, 0.717) is 18.8 Å². The second kappa shape index (κ2) is 8.07. The molecule has 1 atom stereocenters. The number of nitrogens with zero attached hydrogens (tertiary/aromatic N) is 3. The number of hydrogen-bond donors (Lipinski definition) is 1. The largest absolute Gasteiger partial charge is 0.454 e. The molecule has 1 N–H and O–H groups in total. The third-order valence-corrected chi connectivity index (χ3v) is 4.31. The number of rotatable bonds is 7. The van der Waals surface area contributed by atoms with Gasteiger partial charge in [-0.2, -0.15) is 5.10 Å². The number of hydrogen-bond acceptors (Lipinski definition) is 4. The minimum absolute atomic E-state index is 0.113. The second-order valence-corrected chi connectivity index (χ2v) is 6.86. The standard InChI is InChI=1S/C20H24N4O3/c1-14(12-24-16(3)10-15(2)22-24)11-21-20(26)18-8-7-17(27-18)13-23-9-5-4-6-19(23)25/h4-10,14H,11-13H2,1-3H3,(H,21,26)/t14-/m0/s1. The van der Waals surface area contributed by atoms with Gasteiger partial charge in [-0.25, -0.2) is 0 Å². The van der Waals surface area contributed by atoms with Crippen molar-refractivity contribution in [2.45, 2.75) is 33.9 Å². The lowest BCUT2D eigenvalue weighted by Crippen LogP contribution is -2.30. The Morgan fingerprint density at radius 2 is 2.07 bits per heavy atom. The molecule has 27 heavy (non-hydrogen) atoms. The molecule has 0 aliphatic carbocycles. The van der Waals surface area contributed by atoms with Crippen LogP contribution in [0.4, 0.5) is 0 Å². The third-order valence-electron chi connectivity index (χ3n) is 4.31. The van der Waals surface area contributed by atoms with Gasteiger partial charge in [0.05, 0.1) is 12.2 Å². The van der Waals surface area contributed by atoms with Gasteiger partial charge in [0.25, 0.3) is 11.5 Å². The van der Waals surface area contributed by atoms with Crippen LogP contribution in [0.25, 0.3) is 0 Å². The summed E-state index contributed by atoms with van der Waals surface area (Å²) in [5.74, 6) is 0.766. The number of nitrogens with one attached hydrogen (secondary N) is 1. The maximum atomic E-state index is 12.3. The third kappa shape index (κ3) is 4.75. The Labute approximate surface area is 157 Å². The van der Waals surface area contributed by atoms with Crippen LogP contribution in [0, 0.1) is 19.8 Å². The molecule has 0 aliphatic heterocycles. The highest BCUT2D eigenvalue weighted by atomic mass is 16.4. The molecule has 1 amide bonds. The lowest BCUT2D eigenvalue weighted by molar-refractivity contribution is 0.0916. The summed E-state index contributed by atoms with van der Waals surface area (Å²) in [6.07, 6.45) is 1.69. The van der Waals surface area contributed by atoms with Crippen LogP contribution in [0.3, 0.4) is 0 Å². The van der Waals surface area contributed by atoms with Gasteiger partial charge < -0.3 is 14.3 Å². The van der Waals surface area contributed by atoms with Crippen LogP contribution in [0.1, 0.15) is 34.6 Å². The van der Waals surface area contributed by atoms with Crippen molar-refractivity contribution in [3.63, 3.8) is 0 Å². The first-order valence-corrected chi connectivity index (χ1v) is 8.96. The molecule has 7 heteroatoms. The summed E-state index contributed by atoms with van der Waals surface area (Å²) >= 11 is 0. The molecule has 0 unspecified atom stereocenters. The van der Waals surface area contributed by atoms with Crippen LogP contribution in [-0.4, -0.2) is 26.8 Å². The maximum absolute atomic E-state index is 12.3. The Morgan fingerprint density at radius 3 is 2.78 bits per heavy atom. The van der Waals surface area contributed by atoms with E-state index in [2.05, 4.69) is 17.3 Å². The Morgan fingerprint density at radius 1 is 1.26 bits per heavy atom. The Hall–Kier alpha value is -3.09. The molecule has 0 spiro atoms. The minimum atomic E-state index is -0.262. The van der Waals surface area contributed by atoms with E-state index >= 15 is 0 Å². The normalized spacial score (nSPS) is 12.1. The number of amides is 1. The van der Waals surface area contributed by atoms with Crippen LogP contribution in [0.5, 0.6) is 0 Å². The number of carbonyl (C=O) groups is 1. The summed E-state index contributed by atoms with van der Waals surface area (Å²) in [7, 11) is 0. The summed E-state index contributed by atoms with van der Waals surface area (Å²) in [5.41, 5.74) is 1.99. The molecule has 142 valence electrons. The van der Waals surface area contributed by atoms with E-state index in [1.807, 2.05) is 24.6 Å².